The van der Waals surface area contributed by atoms with E-state index in [0.717, 1.165) is 11.3 Å². The van der Waals surface area contributed by atoms with Gasteiger partial charge in [-0.25, -0.2) is 0 Å². The topological polar surface area (TPSA) is 28.9 Å². The molecule has 2 heteroatoms. The Bertz CT molecular complexity index is 616. The molecule has 0 aliphatic heterocycles. The van der Waals surface area contributed by atoms with Gasteiger partial charge in [-0.3, -0.25) is 0 Å². The molecule has 14 heavy (non-hydrogen) atoms. The van der Waals surface area contributed by atoms with Gasteiger partial charge >= 0.3 is 0 Å². The van der Waals surface area contributed by atoms with Gasteiger partial charge in [0.1, 0.15) is 11.3 Å². The van der Waals surface area contributed by atoms with Crippen molar-refractivity contribution < 1.29 is 4.42 Å². The quantitative estimate of drug-likeness (QED) is 0.570. The third kappa shape index (κ3) is 0.854. The predicted octanol–water partition coefficient (Wildman–Crippen LogP) is 3.53. The molecule has 3 rings (SSSR count). The van der Waals surface area contributed by atoms with Gasteiger partial charge in [0.2, 0.25) is 0 Å². The van der Waals surface area contributed by atoms with E-state index in [1.165, 1.54) is 21.9 Å². The van der Waals surface area contributed by atoms with Crippen LogP contribution in [0.25, 0.3) is 21.9 Å². The Kier molecular flexibility index (Phi) is 1.32. The highest BCUT2D eigenvalue weighted by molar-refractivity contribution is 6.06. The van der Waals surface area contributed by atoms with Gasteiger partial charge in [-0.15, -0.1) is 0 Å². The van der Waals surface area contributed by atoms with Crippen molar-refractivity contribution in [3.8, 4) is 0 Å². The maximum Gasteiger partial charge on any atom is 0.135 e. The molecule has 0 aliphatic carbocycles. The van der Waals surface area contributed by atoms with E-state index < -0.39 is 0 Å². The van der Waals surface area contributed by atoms with Crippen molar-refractivity contribution in [1.29, 1.82) is 0 Å². The standard InChI is InChI=1S/C12H11NO/c1-7-6-13-10-3-4-11-9(12(7)10)5-8(2)14-11/h3-6,13H,1-2H3. The van der Waals surface area contributed by atoms with E-state index >= 15 is 0 Å². The van der Waals surface area contributed by atoms with Crippen LogP contribution in [0.4, 0.5) is 0 Å². The first-order chi connectivity index (χ1) is 6.75. The summed E-state index contributed by atoms with van der Waals surface area (Å²) in [6.45, 7) is 4.09. The van der Waals surface area contributed by atoms with E-state index in [1.807, 2.05) is 19.2 Å². The summed E-state index contributed by atoms with van der Waals surface area (Å²) >= 11 is 0. The summed E-state index contributed by atoms with van der Waals surface area (Å²) in [5, 5.41) is 2.48. The minimum Gasteiger partial charge on any atom is -0.461 e. The Morgan fingerprint density at radius 3 is 2.93 bits per heavy atom. The van der Waals surface area contributed by atoms with Crippen LogP contribution >= 0.6 is 0 Å². The Hall–Kier alpha value is -1.70. The van der Waals surface area contributed by atoms with Gasteiger partial charge in [0.05, 0.1) is 0 Å². The first-order valence-corrected chi connectivity index (χ1v) is 4.72. The first-order valence-electron chi connectivity index (χ1n) is 4.72. The van der Waals surface area contributed by atoms with Crippen LogP contribution in [0, 0.1) is 13.8 Å². The molecule has 0 saturated heterocycles. The molecule has 1 N–H and O–H groups in total. The Balaban J connectivity index is 2.64. The van der Waals surface area contributed by atoms with Crippen molar-refractivity contribution in [2.75, 3.05) is 0 Å². The fraction of sp³-hybridized carbons (Fsp3) is 0.167. The van der Waals surface area contributed by atoms with E-state index in [-0.39, 0.29) is 0 Å². The summed E-state index contributed by atoms with van der Waals surface area (Å²) in [7, 11) is 0. The molecule has 70 valence electrons. The van der Waals surface area contributed by atoms with E-state index in [0.29, 0.717) is 0 Å². The highest BCUT2D eigenvalue weighted by Crippen LogP contribution is 2.29. The second kappa shape index (κ2) is 2.41. The number of nitrogens with one attached hydrogen (secondary N) is 1. The lowest BCUT2D eigenvalue weighted by Crippen LogP contribution is -1.70. The number of furan rings is 1. The average Bonchev–Trinajstić information content (AvgIpc) is 2.68. The maximum atomic E-state index is 5.59. The zero-order chi connectivity index (χ0) is 9.71. The lowest BCUT2D eigenvalue weighted by atomic mass is 10.1. The van der Waals surface area contributed by atoms with E-state index in [9.17, 15) is 0 Å². The summed E-state index contributed by atoms with van der Waals surface area (Å²) in [5.41, 5.74) is 3.42. The molecule has 1 aromatic carbocycles. The largest absolute Gasteiger partial charge is 0.461 e. The Labute approximate surface area is 81.5 Å². The molecular formula is C12H11NO. The van der Waals surface area contributed by atoms with Crippen LogP contribution in [-0.2, 0) is 0 Å². The second-order valence-electron chi connectivity index (χ2n) is 3.73. The van der Waals surface area contributed by atoms with E-state index in [4.69, 9.17) is 4.42 Å². The Morgan fingerprint density at radius 1 is 1.21 bits per heavy atom. The SMILES string of the molecule is Cc1cc2c(ccc3[nH]cc(C)c32)o1. The highest BCUT2D eigenvalue weighted by Gasteiger charge is 2.07. The highest BCUT2D eigenvalue weighted by atomic mass is 16.3. The second-order valence-corrected chi connectivity index (χ2v) is 3.73. The number of hydrogen-bond donors (Lipinski definition) is 1. The number of aryl methyl sites for hydroxylation is 2. The predicted molar refractivity (Wildman–Crippen MR) is 57.5 cm³/mol. The molecule has 0 fully saturated rings. The van der Waals surface area contributed by atoms with Crippen molar-refractivity contribution in [3.63, 3.8) is 0 Å². The normalized spacial score (nSPS) is 11.6. The van der Waals surface area contributed by atoms with Crippen LogP contribution < -0.4 is 0 Å². The molecule has 2 aromatic heterocycles. The van der Waals surface area contributed by atoms with Crippen LogP contribution in [0.1, 0.15) is 11.3 Å². The molecule has 2 heterocycles. The number of aromatic nitrogens is 1. The molecule has 2 nitrogen and oxygen atoms in total. The third-order valence-corrected chi connectivity index (χ3v) is 2.66. The van der Waals surface area contributed by atoms with E-state index in [1.54, 1.807) is 0 Å². The monoisotopic (exact) mass is 185 g/mol. The smallest absolute Gasteiger partial charge is 0.135 e. The molecule has 0 saturated carbocycles. The van der Waals surface area contributed by atoms with Crippen LogP contribution in [0.2, 0.25) is 0 Å². The van der Waals surface area contributed by atoms with Crippen LogP contribution in [-0.4, -0.2) is 4.98 Å². The van der Waals surface area contributed by atoms with Crippen molar-refractivity contribution in [2.45, 2.75) is 13.8 Å². The van der Waals surface area contributed by atoms with Crippen LogP contribution in [0.15, 0.2) is 28.8 Å². The maximum absolute atomic E-state index is 5.59. The van der Waals surface area contributed by atoms with Crippen molar-refractivity contribution in [1.82, 2.24) is 4.98 Å². The number of hydrogen-bond acceptors (Lipinski definition) is 1. The minimum atomic E-state index is 0.966. The molecule has 0 spiro atoms. The summed E-state index contributed by atoms with van der Waals surface area (Å²) in [5.74, 6) is 0.966. The van der Waals surface area contributed by atoms with Crippen LogP contribution in [0.5, 0.6) is 0 Å². The zero-order valence-electron chi connectivity index (χ0n) is 8.22. The van der Waals surface area contributed by atoms with Crippen molar-refractivity contribution >= 4 is 21.9 Å². The summed E-state index contributed by atoms with van der Waals surface area (Å²) in [6.07, 6.45) is 2.03. The van der Waals surface area contributed by atoms with Gasteiger partial charge in [0.15, 0.2) is 0 Å². The summed E-state index contributed by atoms with van der Waals surface area (Å²) < 4.78 is 5.59. The van der Waals surface area contributed by atoms with Gasteiger partial charge in [0, 0.05) is 22.5 Å². The summed E-state index contributed by atoms with van der Waals surface area (Å²) in [6, 6.07) is 6.17. The van der Waals surface area contributed by atoms with Gasteiger partial charge in [-0.05, 0) is 37.6 Å². The minimum absolute atomic E-state index is 0.966. The lowest BCUT2D eigenvalue weighted by Gasteiger charge is -1.92. The Morgan fingerprint density at radius 2 is 2.07 bits per heavy atom. The first kappa shape index (κ1) is 7.68. The third-order valence-electron chi connectivity index (χ3n) is 2.66. The van der Waals surface area contributed by atoms with Gasteiger partial charge in [-0.1, -0.05) is 0 Å². The molecule has 0 bridgehead atoms. The van der Waals surface area contributed by atoms with Gasteiger partial charge in [-0.2, -0.15) is 0 Å². The van der Waals surface area contributed by atoms with Gasteiger partial charge < -0.3 is 9.40 Å². The number of H-pyrrole nitrogens is 1. The van der Waals surface area contributed by atoms with Crippen molar-refractivity contribution in [3.05, 3.63) is 35.7 Å². The van der Waals surface area contributed by atoms with Crippen LogP contribution in [0.3, 0.4) is 0 Å². The fourth-order valence-corrected chi connectivity index (χ4v) is 2.04. The molecule has 0 unspecified atom stereocenters. The molecule has 3 aromatic rings. The lowest BCUT2D eigenvalue weighted by molar-refractivity contribution is 0.579. The van der Waals surface area contributed by atoms with Gasteiger partial charge in [0.25, 0.3) is 0 Å². The number of benzene rings is 1. The van der Waals surface area contributed by atoms with E-state index in [2.05, 4.69) is 24.0 Å². The number of aromatic amines is 1. The number of fused-ring (bicyclic) bond motifs is 3. The molecular weight excluding hydrogens is 174 g/mol. The number of rotatable bonds is 0. The molecule has 0 amide bonds. The zero-order valence-corrected chi connectivity index (χ0v) is 8.22. The average molecular weight is 185 g/mol. The fourth-order valence-electron chi connectivity index (χ4n) is 2.04. The molecule has 0 aliphatic rings. The molecule has 0 radical (unpaired) electrons. The summed E-state index contributed by atoms with van der Waals surface area (Å²) in [4.78, 5) is 3.25. The molecule has 0 atom stereocenters. The van der Waals surface area contributed by atoms with Crippen molar-refractivity contribution in [2.24, 2.45) is 0 Å².